The Labute approximate surface area is 119 Å². The maximum Gasteiger partial charge on any atom is 0.323 e. The molecule has 0 aromatic rings. The quantitative estimate of drug-likeness (QED) is 0.563. The molecular formula is C13H15NO7. The average molecular weight is 297 g/mol. The third-order valence-electron chi connectivity index (χ3n) is 3.99. The molecule has 0 unspecified atom stereocenters. The van der Waals surface area contributed by atoms with E-state index in [-0.39, 0.29) is 11.8 Å². The highest BCUT2D eigenvalue weighted by Gasteiger charge is 2.52. The van der Waals surface area contributed by atoms with Gasteiger partial charge in [-0.2, -0.15) is 0 Å². The number of hydrogen-bond acceptors (Lipinski definition) is 4. The van der Waals surface area contributed by atoms with Crippen LogP contribution in [0, 0.1) is 23.7 Å². The number of carbonyl (C=O) groups excluding carboxylic acids is 1. The van der Waals surface area contributed by atoms with Gasteiger partial charge in [0.25, 0.3) is 0 Å². The lowest BCUT2D eigenvalue weighted by Gasteiger charge is -2.29. The highest BCUT2D eigenvalue weighted by atomic mass is 16.4. The van der Waals surface area contributed by atoms with Crippen molar-refractivity contribution in [3.8, 4) is 0 Å². The Balaban J connectivity index is 2.22. The van der Waals surface area contributed by atoms with Gasteiger partial charge in [0, 0.05) is 0 Å². The minimum absolute atomic E-state index is 0.252. The predicted octanol–water partition coefficient (Wildman–Crippen LogP) is -0.493. The number of fused-ring (bicyclic) bond motifs is 2. The first-order valence-electron chi connectivity index (χ1n) is 6.44. The number of hydrogen-bond donors (Lipinski definition) is 3. The molecule has 0 aromatic carbocycles. The SMILES string of the molecule is O=C(O)CN(CC(=O)O)C(=O)[C@H]1[C@@H](C(=O)O)[C@@H]2C=C[C@H]1C2. The van der Waals surface area contributed by atoms with Crippen molar-refractivity contribution in [2.75, 3.05) is 13.1 Å². The molecule has 4 atom stereocenters. The summed E-state index contributed by atoms with van der Waals surface area (Å²) in [6.07, 6.45) is 4.04. The highest BCUT2D eigenvalue weighted by molar-refractivity contribution is 5.90. The van der Waals surface area contributed by atoms with E-state index in [0.717, 1.165) is 0 Å². The number of carbonyl (C=O) groups is 4. The third kappa shape index (κ3) is 2.88. The van der Waals surface area contributed by atoms with Gasteiger partial charge >= 0.3 is 17.9 Å². The summed E-state index contributed by atoms with van der Waals surface area (Å²) in [6.45, 7) is -1.51. The lowest BCUT2D eigenvalue weighted by Crippen LogP contribution is -2.46. The maximum absolute atomic E-state index is 12.4. The van der Waals surface area contributed by atoms with Crippen LogP contribution in [-0.2, 0) is 19.2 Å². The van der Waals surface area contributed by atoms with Crippen molar-refractivity contribution in [2.45, 2.75) is 6.42 Å². The number of rotatable bonds is 6. The van der Waals surface area contributed by atoms with Crippen LogP contribution in [0.4, 0.5) is 0 Å². The molecule has 0 heterocycles. The summed E-state index contributed by atoms with van der Waals surface area (Å²) in [5.74, 6) is -6.84. The molecule has 1 amide bonds. The second kappa shape index (κ2) is 5.55. The first-order valence-corrected chi connectivity index (χ1v) is 6.44. The zero-order valence-electron chi connectivity index (χ0n) is 11.0. The van der Waals surface area contributed by atoms with Crippen LogP contribution < -0.4 is 0 Å². The summed E-state index contributed by atoms with van der Waals surface area (Å²) in [7, 11) is 0. The zero-order chi connectivity index (χ0) is 15.7. The molecule has 0 aromatic heterocycles. The lowest BCUT2D eigenvalue weighted by molar-refractivity contribution is -0.155. The number of amides is 1. The second-order valence-corrected chi connectivity index (χ2v) is 5.32. The van der Waals surface area contributed by atoms with Gasteiger partial charge in [-0.05, 0) is 18.3 Å². The molecule has 114 valence electrons. The van der Waals surface area contributed by atoms with E-state index in [2.05, 4.69) is 0 Å². The topological polar surface area (TPSA) is 132 Å². The van der Waals surface area contributed by atoms with Gasteiger partial charge in [-0.25, -0.2) is 0 Å². The molecule has 3 N–H and O–H groups in total. The summed E-state index contributed by atoms with van der Waals surface area (Å²) in [4.78, 5) is 46.0. The van der Waals surface area contributed by atoms with Crippen LogP contribution in [0.5, 0.6) is 0 Å². The molecular weight excluding hydrogens is 282 g/mol. The molecule has 2 bridgehead atoms. The standard InChI is InChI=1S/C13H15NO7/c15-8(16)4-14(5-9(17)18)12(19)10-6-1-2-7(3-6)11(10)13(20)21/h1-2,6-7,10-11H,3-5H2,(H,15,16)(H,17,18)(H,20,21)/t6-,7+,10+,11-/m0/s1. The van der Waals surface area contributed by atoms with Crippen LogP contribution in [-0.4, -0.2) is 57.1 Å². The van der Waals surface area contributed by atoms with E-state index in [0.29, 0.717) is 11.3 Å². The van der Waals surface area contributed by atoms with Gasteiger partial charge in [-0.1, -0.05) is 12.2 Å². The summed E-state index contributed by atoms with van der Waals surface area (Å²) >= 11 is 0. The smallest absolute Gasteiger partial charge is 0.323 e. The van der Waals surface area contributed by atoms with Crippen LogP contribution in [0.3, 0.4) is 0 Å². The molecule has 0 radical (unpaired) electrons. The van der Waals surface area contributed by atoms with Crippen LogP contribution in [0.25, 0.3) is 0 Å². The number of aliphatic carboxylic acids is 3. The van der Waals surface area contributed by atoms with Gasteiger partial charge in [0.1, 0.15) is 13.1 Å². The molecule has 0 saturated heterocycles. The molecule has 8 heteroatoms. The fraction of sp³-hybridized carbons (Fsp3) is 0.538. The highest BCUT2D eigenvalue weighted by Crippen LogP contribution is 2.48. The van der Waals surface area contributed by atoms with E-state index in [1.807, 2.05) is 0 Å². The Morgan fingerprint density at radius 3 is 1.81 bits per heavy atom. The number of allylic oxidation sites excluding steroid dienone is 2. The Morgan fingerprint density at radius 2 is 1.38 bits per heavy atom. The Hall–Kier alpha value is -2.38. The van der Waals surface area contributed by atoms with Crippen LogP contribution >= 0.6 is 0 Å². The molecule has 21 heavy (non-hydrogen) atoms. The van der Waals surface area contributed by atoms with Crippen LogP contribution in [0.1, 0.15) is 6.42 Å². The number of nitrogens with zero attached hydrogens (tertiary/aromatic N) is 1. The Bertz CT molecular complexity index is 511. The van der Waals surface area contributed by atoms with Crippen molar-refractivity contribution in [1.29, 1.82) is 0 Å². The van der Waals surface area contributed by atoms with E-state index < -0.39 is 48.7 Å². The minimum atomic E-state index is -1.34. The third-order valence-corrected chi connectivity index (χ3v) is 3.99. The molecule has 1 fully saturated rings. The number of carboxylic acids is 3. The van der Waals surface area contributed by atoms with Crippen LogP contribution in [0.15, 0.2) is 12.2 Å². The molecule has 0 aliphatic heterocycles. The normalized spacial score (nSPS) is 29.3. The molecule has 8 nitrogen and oxygen atoms in total. The number of carboxylic acid groups (broad SMARTS) is 3. The van der Waals surface area contributed by atoms with E-state index in [4.69, 9.17) is 10.2 Å². The van der Waals surface area contributed by atoms with Crippen molar-refractivity contribution < 1.29 is 34.5 Å². The zero-order valence-corrected chi connectivity index (χ0v) is 11.0. The van der Waals surface area contributed by atoms with E-state index in [1.165, 1.54) is 0 Å². The van der Waals surface area contributed by atoms with Crippen LogP contribution in [0.2, 0.25) is 0 Å². The predicted molar refractivity (Wildman–Crippen MR) is 67.2 cm³/mol. The van der Waals surface area contributed by atoms with E-state index in [1.54, 1.807) is 12.2 Å². The average Bonchev–Trinajstić information content (AvgIpc) is 2.95. The van der Waals surface area contributed by atoms with Crippen molar-refractivity contribution in [2.24, 2.45) is 23.7 Å². The van der Waals surface area contributed by atoms with Gasteiger partial charge in [-0.15, -0.1) is 0 Å². The lowest BCUT2D eigenvalue weighted by atomic mass is 9.82. The van der Waals surface area contributed by atoms with Crippen molar-refractivity contribution in [1.82, 2.24) is 4.90 Å². The molecule has 2 rings (SSSR count). The summed E-state index contributed by atoms with van der Waals surface area (Å²) in [5, 5.41) is 26.8. The first kappa shape index (κ1) is 15.0. The van der Waals surface area contributed by atoms with E-state index >= 15 is 0 Å². The van der Waals surface area contributed by atoms with Gasteiger partial charge in [0.05, 0.1) is 11.8 Å². The van der Waals surface area contributed by atoms with Gasteiger partial charge in [0.2, 0.25) is 5.91 Å². The van der Waals surface area contributed by atoms with Gasteiger partial charge < -0.3 is 20.2 Å². The Kier molecular flexibility index (Phi) is 3.97. The largest absolute Gasteiger partial charge is 0.481 e. The molecule has 0 spiro atoms. The van der Waals surface area contributed by atoms with Crippen molar-refractivity contribution in [3.63, 3.8) is 0 Å². The maximum atomic E-state index is 12.4. The fourth-order valence-electron chi connectivity index (χ4n) is 3.24. The Morgan fingerprint density at radius 1 is 0.905 bits per heavy atom. The van der Waals surface area contributed by atoms with Crippen molar-refractivity contribution in [3.05, 3.63) is 12.2 Å². The van der Waals surface area contributed by atoms with Gasteiger partial charge in [0.15, 0.2) is 0 Å². The second-order valence-electron chi connectivity index (χ2n) is 5.32. The first-order chi connectivity index (χ1) is 9.81. The van der Waals surface area contributed by atoms with E-state index in [9.17, 15) is 24.3 Å². The van der Waals surface area contributed by atoms with Gasteiger partial charge in [-0.3, -0.25) is 19.2 Å². The summed E-state index contributed by atoms with van der Waals surface area (Å²) < 4.78 is 0. The summed E-state index contributed by atoms with van der Waals surface area (Å²) in [6, 6.07) is 0. The molecule has 2 aliphatic carbocycles. The summed E-state index contributed by atoms with van der Waals surface area (Å²) in [5.41, 5.74) is 0. The molecule has 2 aliphatic rings. The molecule has 1 saturated carbocycles. The monoisotopic (exact) mass is 297 g/mol. The van der Waals surface area contributed by atoms with Crippen molar-refractivity contribution >= 4 is 23.8 Å². The fourth-order valence-corrected chi connectivity index (χ4v) is 3.24. The minimum Gasteiger partial charge on any atom is -0.481 e.